The van der Waals surface area contributed by atoms with Crippen molar-refractivity contribution in [2.45, 2.75) is 18.9 Å². The normalized spacial score (nSPS) is 15.4. The molecule has 1 aliphatic rings. The molecule has 8 heteroatoms. The molecule has 0 aliphatic carbocycles. The predicted octanol–water partition coefficient (Wildman–Crippen LogP) is 1.85. The molecule has 146 valence electrons. The number of nitrogens with zero attached hydrogens (tertiary/aromatic N) is 2. The van der Waals surface area contributed by atoms with Crippen molar-refractivity contribution in [2.24, 2.45) is 11.7 Å². The lowest BCUT2D eigenvalue weighted by atomic mass is 9.92. The van der Waals surface area contributed by atoms with Crippen molar-refractivity contribution >= 4 is 24.1 Å². The Labute approximate surface area is 165 Å². The molecule has 0 saturated carbocycles. The number of rotatable bonds is 7. The summed E-state index contributed by atoms with van der Waals surface area (Å²) < 4.78 is 5.30. The van der Waals surface area contributed by atoms with Crippen LogP contribution in [0.5, 0.6) is 0 Å². The molecule has 2 aromatic rings. The maximum Gasteiger partial charge on any atom is 0.237 e. The van der Waals surface area contributed by atoms with Gasteiger partial charge in [0.05, 0.1) is 11.7 Å². The lowest BCUT2D eigenvalue weighted by Crippen LogP contribution is -2.48. The molecule has 1 aromatic heterocycles. The van der Waals surface area contributed by atoms with Crippen molar-refractivity contribution in [3.8, 4) is 11.3 Å². The highest BCUT2D eigenvalue weighted by atomic mass is 35.5. The van der Waals surface area contributed by atoms with Crippen molar-refractivity contribution in [3.63, 3.8) is 0 Å². The number of halogens is 1. The Morgan fingerprint density at radius 1 is 1.11 bits per heavy atom. The third-order valence-corrected chi connectivity index (χ3v) is 4.54. The van der Waals surface area contributed by atoms with Gasteiger partial charge in [-0.25, -0.2) is 0 Å². The van der Waals surface area contributed by atoms with Gasteiger partial charge in [-0.2, -0.15) is 0 Å². The minimum absolute atomic E-state index is 0. The Bertz CT molecular complexity index is 693. The van der Waals surface area contributed by atoms with Gasteiger partial charge in [-0.15, -0.1) is 22.6 Å². The Morgan fingerprint density at radius 3 is 2.52 bits per heavy atom. The van der Waals surface area contributed by atoms with Crippen LogP contribution in [0.15, 0.2) is 42.5 Å². The zero-order valence-corrected chi connectivity index (χ0v) is 16.0. The number of ether oxygens (including phenoxy) is 1. The summed E-state index contributed by atoms with van der Waals surface area (Å²) in [5.41, 5.74) is 7.90. The number of anilines is 1. The van der Waals surface area contributed by atoms with E-state index in [-0.39, 0.29) is 24.2 Å². The van der Waals surface area contributed by atoms with E-state index < -0.39 is 6.04 Å². The predicted molar refractivity (Wildman–Crippen MR) is 108 cm³/mol. The van der Waals surface area contributed by atoms with Crippen LogP contribution in [0.4, 0.5) is 5.82 Å². The van der Waals surface area contributed by atoms with Gasteiger partial charge >= 0.3 is 0 Å². The van der Waals surface area contributed by atoms with E-state index in [0.29, 0.717) is 32.1 Å². The summed E-state index contributed by atoms with van der Waals surface area (Å²) in [5, 5.41) is 14.4. The standard InChI is InChI=1S/C19H25N5O2.ClH/c20-18(15-8-12-26-13-9-15)19(25)22-11-10-21-17-7-6-16(23-24-17)14-4-2-1-3-5-14;/h1-7,15,18H,8-13,20H2,(H,21,24)(H,22,25);1H. The van der Waals surface area contributed by atoms with Crippen molar-refractivity contribution < 1.29 is 9.53 Å². The van der Waals surface area contributed by atoms with Crippen molar-refractivity contribution in [3.05, 3.63) is 42.5 Å². The average Bonchev–Trinajstić information content (AvgIpc) is 2.72. The molecule has 27 heavy (non-hydrogen) atoms. The topological polar surface area (TPSA) is 102 Å². The number of carbonyl (C=O) groups excluding carboxylic acids is 1. The first-order valence-corrected chi connectivity index (χ1v) is 8.98. The van der Waals surface area contributed by atoms with Crippen LogP contribution in [0.25, 0.3) is 11.3 Å². The van der Waals surface area contributed by atoms with E-state index in [2.05, 4.69) is 20.8 Å². The second kappa shape index (κ2) is 10.8. The number of hydrogen-bond donors (Lipinski definition) is 3. The quantitative estimate of drug-likeness (QED) is 0.622. The van der Waals surface area contributed by atoms with Gasteiger partial charge in [0, 0.05) is 31.9 Å². The Balaban J connectivity index is 0.00000261. The first-order chi connectivity index (χ1) is 12.7. The summed E-state index contributed by atoms with van der Waals surface area (Å²) in [6, 6.07) is 13.2. The van der Waals surface area contributed by atoms with Gasteiger partial charge in [-0.3, -0.25) is 4.79 Å². The van der Waals surface area contributed by atoms with Gasteiger partial charge in [0.25, 0.3) is 0 Å². The van der Waals surface area contributed by atoms with Crippen LogP contribution < -0.4 is 16.4 Å². The molecule has 1 aromatic carbocycles. The van der Waals surface area contributed by atoms with Crippen LogP contribution in [-0.4, -0.2) is 48.4 Å². The number of hydrogen-bond acceptors (Lipinski definition) is 6. The van der Waals surface area contributed by atoms with E-state index in [1.54, 1.807) is 0 Å². The van der Waals surface area contributed by atoms with Crippen LogP contribution in [0.3, 0.4) is 0 Å². The molecule has 0 spiro atoms. The van der Waals surface area contributed by atoms with Crippen LogP contribution in [0, 0.1) is 5.92 Å². The average molecular weight is 392 g/mol. The molecule has 1 fully saturated rings. The number of aromatic nitrogens is 2. The van der Waals surface area contributed by atoms with E-state index in [9.17, 15) is 4.79 Å². The summed E-state index contributed by atoms with van der Waals surface area (Å²) in [4.78, 5) is 12.1. The minimum atomic E-state index is -0.469. The zero-order chi connectivity index (χ0) is 18.2. The molecule has 4 N–H and O–H groups in total. The minimum Gasteiger partial charge on any atom is -0.381 e. The van der Waals surface area contributed by atoms with Gasteiger partial charge in [0.2, 0.25) is 5.91 Å². The lowest BCUT2D eigenvalue weighted by molar-refractivity contribution is -0.124. The summed E-state index contributed by atoms with van der Waals surface area (Å²) in [7, 11) is 0. The Kier molecular flexibility index (Phi) is 8.44. The summed E-state index contributed by atoms with van der Waals surface area (Å²) in [6.45, 7) is 2.42. The van der Waals surface area contributed by atoms with Gasteiger partial charge in [-0.05, 0) is 30.9 Å². The highest BCUT2D eigenvalue weighted by Gasteiger charge is 2.26. The Morgan fingerprint density at radius 2 is 1.85 bits per heavy atom. The maximum absolute atomic E-state index is 12.1. The summed E-state index contributed by atoms with van der Waals surface area (Å²) in [6.07, 6.45) is 1.69. The largest absolute Gasteiger partial charge is 0.381 e. The van der Waals surface area contributed by atoms with Gasteiger partial charge in [-0.1, -0.05) is 30.3 Å². The van der Waals surface area contributed by atoms with Crippen LogP contribution in [-0.2, 0) is 9.53 Å². The van der Waals surface area contributed by atoms with E-state index in [1.165, 1.54) is 0 Å². The molecule has 1 unspecified atom stereocenters. The van der Waals surface area contributed by atoms with E-state index in [1.807, 2.05) is 42.5 Å². The fourth-order valence-electron chi connectivity index (χ4n) is 2.97. The Hall–Kier alpha value is -2.22. The molecule has 3 rings (SSSR count). The van der Waals surface area contributed by atoms with Crippen molar-refractivity contribution in [1.82, 2.24) is 15.5 Å². The maximum atomic E-state index is 12.1. The van der Waals surface area contributed by atoms with Crippen LogP contribution in [0.1, 0.15) is 12.8 Å². The first-order valence-electron chi connectivity index (χ1n) is 8.98. The monoisotopic (exact) mass is 391 g/mol. The molecule has 2 heterocycles. The number of benzene rings is 1. The lowest BCUT2D eigenvalue weighted by Gasteiger charge is -2.26. The molecule has 0 bridgehead atoms. The fraction of sp³-hybridized carbons (Fsp3) is 0.421. The summed E-state index contributed by atoms with van der Waals surface area (Å²) >= 11 is 0. The van der Waals surface area contributed by atoms with Crippen LogP contribution in [0.2, 0.25) is 0 Å². The molecule has 0 radical (unpaired) electrons. The molecule has 1 atom stereocenters. The number of nitrogens with two attached hydrogens (primary N) is 1. The molecule has 7 nitrogen and oxygen atoms in total. The number of carbonyl (C=O) groups is 1. The summed E-state index contributed by atoms with van der Waals surface area (Å²) in [5.74, 6) is 0.768. The van der Waals surface area contributed by atoms with E-state index in [4.69, 9.17) is 10.5 Å². The second-order valence-electron chi connectivity index (χ2n) is 6.36. The van der Waals surface area contributed by atoms with Gasteiger partial charge < -0.3 is 21.1 Å². The fourth-order valence-corrected chi connectivity index (χ4v) is 2.97. The molecule has 1 saturated heterocycles. The molecular weight excluding hydrogens is 366 g/mol. The molecule has 1 amide bonds. The SMILES string of the molecule is Cl.NC(C(=O)NCCNc1ccc(-c2ccccc2)nn1)C1CCOCC1. The molecule has 1 aliphatic heterocycles. The third kappa shape index (κ3) is 6.16. The molecular formula is C19H26ClN5O2. The smallest absolute Gasteiger partial charge is 0.237 e. The highest BCUT2D eigenvalue weighted by molar-refractivity contribution is 5.85. The second-order valence-corrected chi connectivity index (χ2v) is 6.36. The number of nitrogens with one attached hydrogen (secondary N) is 2. The van der Waals surface area contributed by atoms with Gasteiger partial charge in [0.1, 0.15) is 5.82 Å². The third-order valence-electron chi connectivity index (χ3n) is 4.54. The van der Waals surface area contributed by atoms with Crippen molar-refractivity contribution in [1.29, 1.82) is 0 Å². The highest BCUT2D eigenvalue weighted by Crippen LogP contribution is 2.18. The van der Waals surface area contributed by atoms with Gasteiger partial charge in [0.15, 0.2) is 0 Å². The van der Waals surface area contributed by atoms with E-state index in [0.717, 1.165) is 24.1 Å². The van der Waals surface area contributed by atoms with Crippen LogP contribution >= 0.6 is 12.4 Å². The van der Waals surface area contributed by atoms with Crippen molar-refractivity contribution in [2.75, 3.05) is 31.6 Å². The first kappa shape index (κ1) is 21.1. The zero-order valence-electron chi connectivity index (χ0n) is 15.1. The van der Waals surface area contributed by atoms with E-state index >= 15 is 0 Å². The number of amides is 1.